The highest BCUT2D eigenvalue weighted by molar-refractivity contribution is 7.15. The molecule has 0 unspecified atom stereocenters. The molecule has 1 aliphatic heterocycles. The van der Waals surface area contributed by atoms with Crippen LogP contribution in [0.25, 0.3) is 0 Å². The van der Waals surface area contributed by atoms with Crippen LogP contribution >= 0.6 is 11.3 Å². The number of hydrogen-bond donors (Lipinski definition) is 1. The van der Waals surface area contributed by atoms with Crippen LogP contribution in [-0.4, -0.2) is 34.2 Å². The molecule has 1 aliphatic carbocycles. The van der Waals surface area contributed by atoms with E-state index in [1.54, 1.807) is 19.2 Å². The number of imide groups is 1. The molecule has 2 atom stereocenters. The van der Waals surface area contributed by atoms with E-state index in [2.05, 4.69) is 10.3 Å². The quantitative estimate of drug-likeness (QED) is 0.604. The zero-order valence-electron chi connectivity index (χ0n) is 15.9. The largest absolute Gasteiger partial charge is 0.300 e. The third-order valence-corrected chi connectivity index (χ3v) is 6.23. The van der Waals surface area contributed by atoms with E-state index in [1.165, 1.54) is 17.4 Å². The molecule has 0 radical (unpaired) electrons. The summed E-state index contributed by atoms with van der Waals surface area (Å²) in [6.45, 7) is 1.41. The van der Waals surface area contributed by atoms with Gasteiger partial charge >= 0.3 is 0 Å². The fourth-order valence-electron chi connectivity index (χ4n) is 3.72. The van der Waals surface area contributed by atoms with Gasteiger partial charge in [-0.1, -0.05) is 24.3 Å². The van der Waals surface area contributed by atoms with Gasteiger partial charge in [-0.15, -0.1) is 11.3 Å². The molecule has 4 rings (SSSR count). The minimum atomic E-state index is -0.458. The lowest BCUT2D eigenvalue weighted by atomic mass is 9.85. The summed E-state index contributed by atoms with van der Waals surface area (Å²) in [7, 11) is 0. The number of hydrogen-bond acceptors (Lipinski definition) is 5. The molecule has 150 valence electrons. The molecule has 29 heavy (non-hydrogen) atoms. The van der Waals surface area contributed by atoms with E-state index in [0.29, 0.717) is 30.0 Å². The standard InChI is InChI=1S/C21H20FN3O3S/c1-12-6-7-13(9-17(12)22)8-14-10-23-21(29-14)24-18(26)11-25-19(27)15-4-2-3-5-16(15)20(25)28/h2-3,6-7,9-10,15-16H,4-5,8,11H2,1H3,(H,23,24,26)/t15-,16-/m0/s1. The number of nitrogens with one attached hydrogen (secondary N) is 1. The lowest BCUT2D eigenvalue weighted by Gasteiger charge is -2.14. The van der Waals surface area contributed by atoms with Crippen LogP contribution < -0.4 is 5.32 Å². The smallest absolute Gasteiger partial charge is 0.246 e. The van der Waals surface area contributed by atoms with Crippen molar-refractivity contribution in [1.82, 2.24) is 9.88 Å². The van der Waals surface area contributed by atoms with Crippen molar-refractivity contribution >= 4 is 34.2 Å². The van der Waals surface area contributed by atoms with Crippen molar-refractivity contribution in [1.29, 1.82) is 0 Å². The first kappa shape index (κ1) is 19.4. The van der Waals surface area contributed by atoms with E-state index in [4.69, 9.17) is 0 Å². The summed E-state index contributed by atoms with van der Waals surface area (Å²) in [6, 6.07) is 5.08. The maximum atomic E-state index is 13.7. The molecule has 2 heterocycles. The van der Waals surface area contributed by atoms with Gasteiger partial charge in [0, 0.05) is 17.5 Å². The maximum Gasteiger partial charge on any atom is 0.246 e. The molecule has 0 spiro atoms. The molecule has 1 saturated heterocycles. The van der Waals surface area contributed by atoms with Gasteiger partial charge in [-0.05, 0) is 37.0 Å². The molecule has 3 amide bonds. The molecule has 8 heteroatoms. The second-order valence-corrected chi connectivity index (χ2v) is 8.47. The molecule has 1 N–H and O–H groups in total. The van der Waals surface area contributed by atoms with Gasteiger partial charge in [0.05, 0.1) is 11.8 Å². The minimum absolute atomic E-state index is 0.253. The Labute approximate surface area is 171 Å². The van der Waals surface area contributed by atoms with Crippen molar-refractivity contribution in [3.8, 4) is 0 Å². The van der Waals surface area contributed by atoms with Crippen molar-refractivity contribution < 1.29 is 18.8 Å². The zero-order valence-corrected chi connectivity index (χ0v) is 16.7. The fraction of sp³-hybridized carbons (Fsp3) is 0.333. The summed E-state index contributed by atoms with van der Waals surface area (Å²) in [4.78, 5) is 43.3. The Balaban J connectivity index is 1.36. The molecule has 1 aromatic heterocycles. The van der Waals surface area contributed by atoms with Crippen LogP contribution in [0.3, 0.4) is 0 Å². The summed E-state index contributed by atoms with van der Waals surface area (Å²) < 4.78 is 13.7. The Bertz CT molecular complexity index is 990. The van der Waals surface area contributed by atoms with Crippen LogP contribution in [0.4, 0.5) is 9.52 Å². The molecule has 2 aliphatic rings. The van der Waals surface area contributed by atoms with Crippen molar-refractivity contribution in [3.63, 3.8) is 0 Å². The van der Waals surface area contributed by atoms with E-state index in [1.807, 2.05) is 18.2 Å². The SMILES string of the molecule is Cc1ccc(Cc2cnc(NC(=O)CN3C(=O)[C@H]4CC=CC[C@@H]4C3=O)s2)cc1F. The van der Waals surface area contributed by atoms with Crippen LogP contribution in [-0.2, 0) is 20.8 Å². The highest BCUT2D eigenvalue weighted by atomic mass is 32.1. The fourth-order valence-corrected chi connectivity index (χ4v) is 4.58. The average Bonchev–Trinajstić information content (AvgIpc) is 3.23. The number of thiazole rings is 1. The first-order chi connectivity index (χ1) is 13.9. The zero-order chi connectivity index (χ0) is 20.5. The normalized spacial score (nSPS) is 20.8. The van der Waals surface area contributed by atoms with Gasteiger partial charge < -0.3 is 5.32 Å². The van der Waals surface area contributed by atoms with Gasteiger partial charge in [0.15, 0.2) is 5.13 Å². The Kier molecular flexibility index (Phi) is 5.27. The lowest BCUT2D eigenvalue weighted by molar-refractivity contribution is -0.142. The van der Waals surface area contributed by atoms with E-state index < -0.39 is 5.91 Å². The topological polar surface area (TPSA) is 79.4 Å². The summed E-state index contributed by atoms with van der Waals surface area (Å²) in [6.07, 6.45) is 7.04. The number of rotatable bonds is 5. The molecule has 0 saturated carbocycles. The van der Waals surface area contributed by atoms with Gasteiger partial charge in [0.1, 0.15) is 12.4 Å². The van der Waals surface area contributed by atoms with Crippen molar-refractivity contribution in [2.24, 2.45) is 11.8 Å². The van der Waals surface area contributed by atoms with Gasteiger partial charge in [0.2, 0.25) is 17.7 Å². The number of likely N-dealkylation sites (tertiary alicyclic amines) is 1. The van der Waals surface area contributed by atoms with Gasteiger partial charge in [0.25, 0.3) is 0 Å². The maximum absolute atomic E-state index is 13.7. The Morgan fingerprint density at radius 3 is 2.59 bits per heavy atom. The molecular formula is C21H20FN3O3S. The number of nitrogens with zero attached hydrogens (tertiary/aromatic N) is 2. The van der Waals surface area contributed by atoms with Gasteiger partial charge in [-0.25, -0.2) is 9.37 Å². The highest BCUT2D eigenvalue weighted by Gasteiger charge is 2.47. The van der Waals surface area contributed by atoms with Crippen molar-refractivity contribution in [2.75, 3.05) is 11.9 Å². The number of amides is 3. The van der Waals surface area contributed by atoms with Crippen molar-refractivity contribution in [2.45, 2.75) is 26.2 Å². The van der Waals surface area contributed by atoms with Gasteiger partial charge in [-0.3, -0.25) is 19.3 Å². The van der Waals surface area contributed by atoms with Crippen LogP contribution in [0, 0.1) is 24.6 Å². The third kappa shape index (κ3) is 3.98. The second kappa shape index (κ2) is 7.87. The summed E-state index contributed by atoms with van der Waals surface area (Å²) in [5, 5.41) is 3.04. The highest BCUT2D eigenvalue weighted by Crippen LogP contribution is 2.35. The first-order valence-electron chi connectivity index (χ1n) is 9.42. The molecule has 1 aromatic carbocycles. The molecule has 2 aromatic rings. The van der Waals surface area contributed by atoms with Crippen LogP contribution in [0.5, 0.6) is 0 Å². The summed E-state index contributed by atoms with van der Waals surface area (Å²) >= 11 is 1.28. The average molecular weight is 413 g/mol. The van der Waals surface area contributed by atoms with Crippen LogP contribution in [0.15, 0.2) is 36.5 Å². The number of carbonyl (C=O) groups excluding carboxylic acids is 3. The van der Waals surface area contributed by atoms with Crippen LogP contribution in [0.2, 0.25) is 0 Å². The van der Waals surface area contributed by atoms with E-state index in [0.717, 1.165) is 15.3 Å². The number of allylic oxidation sites excluding steroid dienone is 2. The second-order valence-electron chi connectivity index (χ2n) is 7.36. The number of halogens is 1. The van der Waals surface area contributed by atoms with E-state index in [-0.39, 0.29) is 36.0 Å². The number of aromatic nitrogens is 1. The summed E-state index contributed by atoms with van der Waals surface area (Å²) in [5.41, 5.74) is 1.41. The number of carbonyl (C=O) groups is 3. The minimum Gasteiger partial charge on any atom is -0.300 e. The number of anilines is 1. The summed E-state index contributed by atoms with van der Waals surface area (Å²) in [5.74, 6) is -1.96. The van der Waals surface area contributed by atoms with Gasteiger partial charge in [-0.2, -0.15) is 0 Å². The van der Waals surface area contributed by atoms with E-state index >= 15 is 0 Å². The van der Waals surface area contributed by atoms with E-state index in [9.17, 15) is 18.8 Å². The van der Waals surface area contributed by atoms with Crippen LogP contribution in [0.1, 0.15) is 28.8 Å². The number of fused-ring (bicyclic) bond motifs is 1. The molecular weight excluding hydrogens is 393 g/mol. The Morgan fingerprint density at radius 1 is 1.24 bits per heavy atom. The lowest BCUT2D eigenvalue weighted by Crippen LogP contribution is -2.38. The number of aryl methyl sites for hydroxylation is 1. The monoisotopic (exact) mass is 413 g/mol. The predicted octanol–water partition coefficient (Wildman–Crippen LogP) is 3.07. The van der Waals surface area contributed by atoms with Crippen molar-refractivity contribution in [3.05, 3.63) is 58.4 Å². The third-order valence-electron chi connectivity index (χ3n) is 5.32. The molecule has 1 fully saturated rings. The Morgan fingerprint density at radius 2 is 1.93 bits per heavy atom. The first-order valence-corrected chi connectivity index (χ1v) is 10.2. The Hall–Kier alpha value is -2.87. The molecule has 6 nitrogen and oxygen atoms in total. The number of benzene rings is 1. The predicted molar refractivity (Wildman–Crippen MR) is 107 cm³/mol. The molecule has 0 bridgehead atoms.